The summed E-state index contributed by atoms with van der Waals surface area (Å²) in [6, 6.07) is 11.0. The quantitative estimate of drug-likeness (QED) is 0.465. The minimum Gasteiger partial charge on any atom is -0.435 e. The number of benzene rings is 2. The van der Waals surface area contributed by atoms with Crippen molar-refractivity contribution < 1.29 is 27.0 Å². The van der Waals surface area contributed by atoms with Gasteiger partial charge >= 0.3 is 12.7 Å². The first-order chi connectivity index (χ1) is 13.4. The van der Waals surface area contributed by atoms with Crippen molar-refractivity contribution in [1.82, 2.24) is 0 Å². The molecule has 0 heterocycles. The zero-order valence-corrected chi connectivity index (χ0v) is 15.7. The van der Waals surface area contributed by atoms with Gasteiger partial charge in [0.2, 0.25) is 0 Å². The molecular weight excluding hydrogens is 372 g/mol. The second-order valence-electron chi connectivity index (χ2n) is 7.22. The summed E-state index contributed by atoms with van der Waals surface area (Å²) in [7, 11) is 0. The molecule has 152 valence electrons. The summed E-state index contributed by atoms with van der Waals surface area (Å²) in [6.45, 7) is -0.759. The van der Waals surface area contributed by atoms with E-state index in [0.717, 1.165) is 36.5 Å². The van der Waals surface area contributed by atoms with Crippen molar-refractivity contribution in [3.63, 3.8) is 0 Å². The van der Waals surface area contributed by atoms with Crippen LogP contribution in [0.1, 0.15) is 56.1 Å². The van der Waals surface area contributed by atoms with Crippen LogP contribution < -0.4 is 9.47 Å². The van der Waals surface area contributed by atoms with E-state index in [4.69, 9.17) is 4.74 Å². The molecule has 28 heavy (non-hydrogen) atoms. The average Bonchev–Trinajstić information content (AvgIpc) is 2.69. The first kappa shape index (κ1) is 20.5. The SMILES string of the molecule is CCC1CCC(c2ccc(C(F)(F)Oc3ccc(OC(F)F)cc3)cc2)CC1. The van der Waals surface area contributed by atoms with E-state index in [1.807, 2.05) is 0 Å². The van der Waals surface area contributed by atoms with Gasteiger partial charge in [0, 0.05) is 0 Å². The average molecular weight is 396 g/mol. The maximum absolute atomic E-state index is 14.4. The zero-order chi connectivity index (χ0) is 20.1. The van der Waals surface area contributed by atoms with Gasteiger partial charge in [0.15, 0.2) is 0 Å². The zero-order valence-electron chi connectivity index (χ0n) is 15.7. The van der Waals surface area contributed by atoms with Crippen molar-refractivity contribution in [3.05, 3.63) is 59.7 Å². The molecule has 0 unspecified atom stereocenters. The highest BCUT2D eigenvalue weighted by Crippen LogP contribution is 2.38. The van der Waals surface area contributed by atoms with E-state index in [9.17, 15) is 17.6 Å². The molecule has 0 aliphatic heterocycles. The van der Waals surface area contributed by atoms with Gasteiger partial charge in [0.05, 0.1) is 5.56 Å². The molecule has 0 aromatic heterocycles. The minimum atomic E-state index is -3.52. The predicted molar refractivity (Wildman–Crippen MR) is 99.0 cm³/mol. The fourth-order valence-corrected chi connectivity index (χ4v) is 3.75. The van der Waals surface area contributed by atoms with Crippen molar-refractivity contribution in [3.8, 4) is 11.5 Å². The highest BCUT2D eigenvalue weighted by Gasteiger charge is 2.34. The Labute approximate surface area is 162 Å². The van der Waals surface area contributed by atoms with Gasteiger partial charge < -0.3 is 9.47 Å². The normalized spacial score (nSPS) is 20.2. The topological polar surface area (TPSA) is 18.5 Å². The molecular formula is C22H24F4O2. The summed E-state index contributed by atoms with van der Waals surface area (Å²) in [5.41, 5.74) is 0.842. The van der Waals surface area contributed by atoms with Crippen LogP contribution in [0.4, 0.5) is 17.6 Å². The van der Waals surface area contributed by atoms with Crippen molar-refractivity contribution in [1.29, 1.82) is 0 Å². The Morgan fingerprint density at radius 2 is 1.46 bits per heavy atom. The molecule has 0 bridgehead atoms. The molecule has 0 N–H and O–H groups in total. The summed E-state index contributed by atoms with van der Waals surface area (Å²) in [6.07, 6.45) is 2.24. The van der Waals surface area contributed by atoms with Crippen LogP contribution in [-0.4, -0.2) is 6.61 Å². The first-order valence-corrected chi connectivity index (χ1v) is 9.59. The van der Waals surface area contributed by atoms with E-state index < -0.39 is 12.7 Å². The van der Waals surface area contributed by atoms with Gasteiger partial charge in [-0.05, 0) is 79.5 Å². The molecule has 3 rings (SSSR count). The number of halogens is 4. The molecule has 0 amide bonds. The summed E-state index contributed by atoms with van der Waals surface area (Å²) in [5.74, 6) is 0.959. The number of rotatable bonds is 7. The monoisotopic (exact) mass is 396 g/mol. The van der Waals surface area contributed by atoms with Gasteiger partial charge in [-0.15, -0.1) is 0 Å². The standard InChI is InChI=1S/C22H24F4O2/c1-2-15-3-5-16(6-4-15)17-7-9-18(10-8-17)22(25,26)28-20-13-11-19(12-14-20)27-21(23)24/h7-16,21H,2-6H2,1H3. The lowest BCUT2D eigenvalue weighted by molar-refractivity contribution is -0.185. The van der Waals surface area contributed by atoms with Crippen molar-refractivity contribution in [2.45, 2.75) is 57.7 Å². The van der Waals surface area contributed by atoms with Crippen LogP contribution in [0.5, 0.6) is 11.5 Å². The smallest absolute Gasteiger partial charge is 0.426 e. The van der Waals surface area contributed by atoms with E-state index in [0.29, 0.717) is 5.92 Å². The van der Waals surface area contributed by atoms with Gasteiger partial charge in [-0.3, -0.25) is 0 Å². The minimum absolute atomic E-state index is 0.118. The molecule has 6 heteroatoms. The maximum Gasteiger partial charge on any atom is 0.426 e. The second-order valence-corrected chi connectivity index (χ2v) is 7.22. The third kappa shape index (κ3) is 5.18. The van der Waals surface area contributed by atoms with Gasteiger partial charge in [-0.2, -0.15) is 17.6 Å². The third-order valence-corrected chi connectivity index (χ3v) is 5.44. The van der Waals surface area contributed by atoms with Crippen LogP contribution in [0.3, 0.4) is 0 Å². The van der Waals surface area contributed by atoms with Crippen LogP contribution in [-0.2, 0) is 6.11 Å². The number of hydrogen-bond donors (Lipinski definition) is 0. The Morgan fingerprint density at radius 3 is 2.00 bits per heavy atom. The number of ether oxygens (including phenoxy) is 2. The lowest BCUT2D eigenvalue weighted by atomic mass is 9.78. The van der Waals surface area contributed by atoms with Crippen molar-refractivity contribution in [2.24, 2.45) is 5.92 Å². The van der Waals surface area contributed by atoms with E-state index >= 15 is 0 Å². The summed E-state index contributed by atoms with van der Waals surface area (Å²) in [4.78, 5) is 0. The summed E-state index contributed by atoms with van der Waals surface area (Å²) < 4.78 is 62.2. The van der Waals surface area contributed by atoms with Crippen molar-refractivity contribution in [2.75, 3.05) is 0 Å². The molecule has 2 nitrogen and oxygen atoms in total. The molecule has 2 aromatic carbocycles. The van der Waals surface area contributed by atoms with Crippen LogP contribution in [0, 0.1) is 5.92 Å². The van der Waals surface area contributed by atoms with Crippen molar-refractivity contribution >= 4 is 0 Å². The fraction of sp³-hybridized carbons (Fsp3) is 0.455. The van der Waals surface area contributed by atoms with Gasteiger partial charge in [0.1, 0.15) is 11.5 Å². The second kappa shape index (κ2) is 8.84. The lowest BCUT2D eigenvalue weighted by Crippen LogP contribution is -2.22. The van der Waals surface area contributed by atoms with Gasteiger partial charge in [-0.25, -0.2) is 0 Å². The predicted octanol–water partition coefficient (Wildman–Crippen LogP) is 7.10. The van der Waals surface area contributed by atoms with E-state index in [2.05, 4.69) is 11.7 Å². The van der Waals surface area contributed by atoms with Crippen LogP contribution in [0.2, 0.25) is 0 Å². The van der Waals surface area contributed by atoms with E-state index in [1.165, 1.54) is 43.5 Å². The Balaban J connectivity index is 1.63. The summed E-state index contributed by atoms with van der Waals surface area (Å²) in [5, 5.41) is 0. The maximum atomic E-state index is 14.4. The molecule has 1 fully saturated rings. The highest BCUT2D eigenvalue weighted by molar-refractivity contribution is 5.33. The largest absolute Gasteiger partial charge is 0.435 e. The number of alkyl halides is 4. The summed E-state index contributed by atoms with van der Waals surface area (Å²) >= 11 is 0. The van der Waals surface area contributed by atoms with Crippen LogP contribution >= 0.6 is 0 Å². The molecule has 0 spiro atoms. The first-order valence-electron chi connectivity index (χ1n) is 9.59. The highest BCUT2D eigenvalue weighted by atomic mass is 19.3. The Hall–Kier alpha value is -2.24. The molecule has 0 radical (unpaired) electrons. The Bertz CT molecular complexity index is 736. The van der Waals surface area contributed by atoms with Gasteiger partial charge in [0.25, 0.3) is 0 Å². The Kier molecular flexibility index (Phi) is 6.47. The molecule has 1 saturated carbocycles. The fourth-order valence-electron chi connectivity index (χ4n) is 3.75. The van der Waals surface area contributed by atoms with E-state index in [1.54, 1.807) is 12.1 Å². The van der Waals surface area contributed by atoms with Gasteiger partial charge in [-0.1, -0.05) is 25.5 Å². The van der Waals surface area contributed by atoms with Crippen LogP contribution in [0.25, 0.3) is 0 Å². The Morgan fingerprint density at radius 1 is 0.893 bits per heavy atom. The molecule has 0 atom stereocenters. The molecule has 1 aliphatic carbocycles. The van der Waals surface area contributed by atoms with E-state index in [-0.39, 0.29) is 17.1 Å². The third-order valence-electron chi connectivity index (χ3n) is 5.44. The molecule has 0 saturated heterocycles. The molecule has 1 aliphatic rings. The lowest BCUT2D eigenvalue weighted by Gasteiger charge is -2.28. The molecule has 2 aromatic rings. The van der Waals surface area contributed by atoms with Crippen LogP contribution in [0.15, 0.2) is 48.5 Å². The number of hydrogen-bond acceptors (Lipinski definition) is 2.